The van der Waals surface area contributed by atoms with Crippen LogP contribution in [0.2, 0.25) is 0 Å². The minimum Gasteiger partial charge on any atom is -0.0911 e. The minimum absolute atomic E-state index is 0. The summed E-state index contributed by atoms with van der Waals surface area (Å²) in [5.41, 5.74) is 16.5. The number of fused-ring (bicyclic) bond motifs is 2. The van der Waals surface area contributed by atoms with Gasteiger partial charge in [0.05, 0.1) is 0 Å². The summed E-state index contributed by atoms with van der Waals surface area (Å²) >= 11 is 0. The zero-order valence-electron chi connectivity index (χ0n) is 29.3. The largest absolute Gasteiger partial charge is 0.0911 e. The molecule has 1 aliphatic carbocycles. The first kappa shape index (κ1) is 36.8. The second-order valence-corrected chi connectivity index (χ2v) is 11.7. The van der Waals surface area contributed by atoms with E-state index in [1.807, 2.05) is 27.7 Å². The van der Waals surface area contributed by atoms with Crippen molar-refractivity contribution < 1.29 is 0 Å². The van der Waals surface area contributed by atoms with E-state index in [0.717, 1.165) is 11.1 Å². The average molecular weight is 619 g/mol. The van der Waals surface area contributed by atoms with Gasteiger partial charge in [0.2, 0.25) is 0 Å². The summed E-state index contributed by atoms with van der Waals surface area (Å²) in [6.45, 7) is 23.9. The van der Waals surface area contributed by atoms with Crippen molar-refractivity contribution in [2.75, 3.05) is 0 Å². The Morgan fingerprint density at radius 3 is 1.96 bits per heavy atom. The van der Waals surface area contributed by atoms with E-state index in [2.05, 4.69) is 163 Å². The standard InChI is InChI=1S/C42H38.2C2H6.CH4/c1-27-15-7-9-17-33(27)23-30(4)40(36-19-11-8-16-28(36)2)24-29(3)35-25-34-18-10-12-22-39(34)41(26-35)42-31(5)37-20-13-14-21-38(37)32(42)6;2*1-2;/h7-26,31H,3H2,1-2,4-6H3;2*1-2H3;1H4/b30-23+,40-24-;;;. The number of rotatable bonds is 6. The zero-order chi connectivity index (χ0) is 33.4. The Morgan fingerprint density at radius 2 is 1.28 bits per heavy atom. The molecule has 242 valence electrons. The van der Waals surface area contributed by atoms with Crippen molar-refractivity contribution in [3.63, 3.8) is 0 Å². The molecule has 6 rings (SSSR count). The fraction of sp³-hybridized carbons (Fsp3) is 0.234. The van der Waals surface area contributed by atoms with Gasteiger partial charge in [-0.3, -0.25) is 0 Å². The van der Waals surface area contributed by atoms with Gasteiger partial charge >= 0.3 is 0 Å². The van der Waals surface area contributed by atoms with Gasteiger partial charge in [0.15, 0.2) is 0 Å². The highest BCUT2D eigenvalue weighted by Gasteiger charge is 2.27. The maximum Gasteiger partial charge on any atom is 0.00760 e. The van der Waals surface area contributed by atoms with Crippen molar-refractivity contribution in [2.45, 2.75) is 75.7 Å². The highest BCUT2D eigenvalue weighted by Crippen LogP contribution is 2.48. The van der Waals surface area contributed by atoms with Crippen LogP contribution in [0.4, 0.5) is 0 Å². The van der Waals surface area contributed by atoms with Crippen LogP contribution < -0.4 is 0 Å². The van der Waals surface area contributed by atoms with Crippen molar-refractivity contribution in [1.82, 2.24) is 0 Å². The monoisotopic (exact) mass is 618 g/mol. The molecular weight excluding hydrogens is 565 g/mol. The van der Waals surface area contributed by atoms with Crippen LogP contribution in [-0.4, -0.2) is 0 Å². The van der Waals surface area contributed by atoms with Crippen LogP contribution >= 0.6 is 0 Å². The number of allylic oxidation sites excluding steroid dienone is 6. The first-order valence-corrected chi connectivity index (χ1v) is 16.9. The molecule has 1 atom stereocenters. The third-order valence-corrected chi connectivity index (χ3v) is 8.93. The lowest BCUT2D eigenvalue weighted by atomic mass is 9.86. The number of benzene rings is 5. The minimum atomic E-state index is 0. The highest BCUT2D eigenvalue weighted by molar-refractivity contribution is 6.07. The van der Waals surface area contributed by atoms with Gasteiger partial charge in [-0.05, 0) is 129 Å². The topological polar surface area (TPSA) is 0 Å². The second-order valence-electron chi connectivity index (χ2n) is 11.7. The van der Waals surface area contributed by atoms with Gasteiger partial charge in [-0.1, -0.05) is 152 Å². The van der Waals surface area contributed by atoms with Gasteiger partial charge in [0.25, 0.3) is 0 Å². The van der Waals surface area contributed by atoms with Crippen LogP contribution in [0, 0.1) is 13.8 Å². The summed E-state index contributed by atoms with van der Waals surface area (Å²) in [5.74, 6) is 0.338. The summed E-state index contributed by atoms with van der Waals surface area (Å²) < 4.78 is 0. The molecule has 1 aliphatic rings. The lowest BCUT2D eigenvalue weighted by molar-refractivity contribution is 1.01. The third-order valence-electron chi connectivity index (χ3n) is 8.93. The van der Waals surface area contributed by atoms with Gasteiger partial charge in [-0.15, -0.1) is 0 Å². The summed E-state index contributed by atoms with van der Waals surface area (Å²) in [6.07, 6.45) is 4.59. The van der Waals surface area contributed by atoms with Crippen LogP contribution in [-0.2, 0) is 0 Å². The Kier molecular flexibility index (Phi) is 13.1. The van der Waals surface area contributed by atoms with Gasteiger partial charge in [-0.2, -0.15) is 0 Å². The SMILES string of the molecule is C.C=C(/C=C(/C(C)=C/c1ccccc1C)c1ccccc1C)c1cc(C2=C(C)c3ccccc3C2C)c2ccccc2c1.CC.CC. The lowest BCUT2D eigenvalue weighted by Gasteiger charge is -2.18. The zero-order valence-corrected chi connectivity index (χ0v) is 29.3. The molecule has 0 heterocycles. The fourth-order valence-corrected chi connectivity index (χ4v) is 6.59. The maximum absolute atomic E-state index is 4.66. The van der Waals surface area contributed by atoms with Crippen LogP contribution in [0.3, 0.4) is 0 Å². The molecular formula is C47H54. The van der Waals surface area contributed by atoms with E-state index in [4.69, 9.17) is 0 Å². The molecule has 0 N–H and O–H groups in total. The number of hydrogen-bond acceptors (Lipinski definition) is 0. The van der Waals surface area contributed by atoms with E-state index in [9.17, 15) is 0 Å². The molecule has 0 amide bonds. The Balaban J connectivity index is 0.00000116. The highest BCUT2D eigenvalue weighted by atomic mass is 14.3. The molecule has 0 bridgehead atoms. The third kappa shape index (κ3) is 7.66. The normalized spacial score (nSPS) is 13.9. The van der Waals surface area contributed by atoms with Gasteiger partial charge < -0.3 is 0 Å². The van der Waals surface area contributed by atoms with Crippen molar-refractivity contribution in [2.24, 2.45) is 0 Å². The average Bonchev–Trinajstić information content (AvgIpc) is 3.35. The van der Waals surface area contributed by atoms with E-state index < -0.39 is 0 Å². The first-order valence-electron chi connectivity index (χ1n) is 16.9. The Labute approximate surface area is 285 Å². The number of aryl methyl sites for hydroxylation is 2. The number of hydrogen-bond donors (Lipinski definition) is 0. The van der Waals surface area contributed by atoms with Crippen LogP contribution in [0.5, 0.6) is 0 Å². The molecule has 0 fully saturated rings. The van der Waals surface area contributed by atoms with Crippen molar-refractivity contribution in [3.05, 3.63) is 172 Å². The molecule has 0 heteroatoms. The molecule has 0 aliphatic heterocycles. The molecule has 0 aromatic heterocycles. The molecule has 0 saturated carbocycles. The van der Waals surface area contributed by atoms with E-state index in [0.29, 0.717) is 5.92 Å². The second kappa shape index (κ2) is 16.8. The summed E-state index contributed by atoms with van der Waals surface area (Å²) in [6, 6.07) is 39.5. The molecule has 0 radical (unpaired) electrons. The van der Waals surface area contributed by atoms with Gasteiger partial charge in [0, 0.05) is 5.92 Å². The van der Waals surface area contributed by atoms with E-state index in [1.54, 1.807) is 0 Å². The fourth-order valence-electron chi connectivity index (χ4n) is 6.59. The van der Waals surface area contributed by atoms with Crippen LogP contribution in [0.1, 0.15) is 106 Å². The van der Waals surface area contributed by atoms with Crippen molar-refractivity contribution in [3.8, 4) is 0 Å². The summed E-state index contributed by atoms with van der Waals surface area (Å²) in [7, 11) is 0. The van der Waals surface area contributed by atoms with E-state index >= 15 is 0 Å². The smallest absolute Gasteiger partial charge is 0.00760 e. The van der Waals surface area contributed by atoms with Gasteiger partial charge in [-0.25, -0.2) is 0 Å². The summed E-state index contributed by atoms with van der Waals surface area (Å²) in [5, 5.41) is 2.54. The molecule has 0 nitrogen and oxygen atoms in total. The molecule has 1 unspecified atom stereocenters. The Morgan fingerprint density at radius 1 is 0.681 bits per heavy atom. The molecule has 5 aromatic rings. The van der Waals surface area contributed by atoms with Gasteiger partial charge in [0.1, 0.15) is 0 Å². The molecule has 0 spiro atoms. The predicted octanol–water partition coefficient (Wildman–Crippen LogP) is 14.4. The van der Waals surface area contributed by atoms with Crippen LogP contribution in [0.15, 0.2) is 127 Å². The molecule has 47 heavy (non-hydrogen) atoms. The molecule has 5 aromatic carbocycles. The van der Waals surface area contributed by atoms with E-state index in [1.165, 1.54) is 72.0 Å². The predicted molar refractivity (Wildman–Crippen MR) is 214 cm³/mol. The Hall–Kier alpha value is -4.68. The summed E-state index contributed by atoms with van der Waals surface area (Å²) in [4.78, 5) is 0. The van der Waals surface area contributed by atoms with Crippen molar-refractivity contribution in [1.29, 1.82) is 0 Å². The first-order chi connectivity index (χ1) is 22.3. The van der Waals surface area contributed by atoms with Crippen LogP contribution in [0.25, 0.3) is 39.1 Å². The lowest BCUT2D eigenvalue weighted by Crippen LogP contribution is -1.97. The van der Waals surface area contributed by atoms with Crippen molar-refractivity contribution >= 4 is 39.1 Å². The van der Waals surface area contributed by atoms with E-state index in [-0.39, 0.29) is 7.43 Å². The Bertz CT molecular complexity index is 1940. The quantitative estimate of drug-likeness (QED) is 0.166. The maximum atomic E-state index is 4.66. The molecule has 0 saturated heterocycles.